The molecule has 1 amide bonds. The van der Waals surface area contributed by atoms with Gasteiger partial charge in [0.05, 0.1) is 10.6 Å². The van der Waals surface area contributed by atoms with Crippen LogP contribution in [0.3, 0.4) is 0 Å². The first-order chi connectivity index (χ1) is 8.56. The van der Waals surface area contributed by atoms with E-state index in [4.69, 9.17) is 11.6 Å². The van der Waals surface area contributed by atoms with Gasteiger partial charge in [0.15, 0.2) is 0 Å². The van der Waals surface area contributed by atoms with Gasteiger partial charge in [-0.3, -0.25) is 4.79 Å². The summed E-state index contributed by atoms with van der Waals surface area (Å²) in [5.74, 6) is 0.0233. The third-order valence-corrected chi connectivity index (χ3v) is 2.68. The molecular weight excluding hydrogens is 252 g/mol. The van der Waals surface area contributed by atoms with E-state index >= 15 is 0 Å². The lowest BCUT2D eigenvalue weighted by Gasteiger charge is -2.06. The number of benzene rings is 1. The summed E-state index contributed by atoms with van der Waals surface area (Å²) in [5, 5.41) is 12.2. The number of hydrogen-bond acceptors (Lipinski definition) is 3. The second-order valence-electron chi connectivity index (χ2n) is 3.84. The maximum absolute atomic E-state index is 12.0. The Morgan fingerprint density at radius 1 is 1.33 bits per heavy atom. The molecule has 0 saturated carbocycles. The molecule has 0 bridgehead atoms. The number of hydrogen-bond donors (Lipinski definition) is 2. The van der Waals surface area contributed by atoms with Crippen molar-refractivity contribution in [2.75, 3.05) is 5.32 Å². The van der Waals surface area contributed by atoms with Crippen molar-refractivity contribution >= 4 is 23.3 Å². The molecule has 0 aliphatic heterocycles. The van der Waals surface area contributed by atoms with Gasteiger partial charge < -0.3 is 10.4 Å². The Morgan fingerprint density at radius 3 is 2.83 bits per heavy atom. The Balaban J connectivity index is 2.24. The van der Waals surface area contributed by atoms with Crippen molar-refractivity contribution in [3.8, 4) is 5.75 Å². The molecule has 1 aromatic carbocycles. The van der Waals surface area contributed by atoms with Crippen molar-refractivity contribution in [1.82, 2.24) is 4.98 Å². The summed E-state index contributed by atoms with van der Waals surface area (Å²) in [7, 11) is 0. The number of carbonyl (C=O) groups is 1. The summed E-state index contributed by atoms with van der Waals surface area (Å²) < 4.78 is 0. The number of pyridine rings is 1. The summed E-state index contributed by atoms with van der Waals surface area (Å²) in [6.07, 6.45) is 1.61. The topological polar surface area (TPSA) is 62.2 Å². The van der Waals surface area contributed by atoms with Gasteiger partial charge in [-0.15, -0.1) is 0 Å². The number of aryl methyl sites for hydroxylation is 1. The van der Waals surface area contributed by atoms with Crippen LogP contribution in [-0.2, 0) is 0 Å². The lowest BCUT2D eigenvalue weighted by molar-refractivity contribution is 0.102. The minimum Gasteiger partial charge on any atom is -0.508 e. The van der Waals surface area contributed by atoms with E-state index in [1.54, 1.807) is 12.3 Å². The highest BCUT2D eigenvalue weighted by Crippen LogP contribution is 2.22. The Kier molecular flexibility index (Phi) is 3.48. The summed E-state index contributed by atoms with van der Waals surface area (Å²) >= 11 is 5.90. The average molecular weight is 263 g/mol. The van der Waals surface area contributed by atoms with Crippen LogP contribution in [-0.4, -0.2) is 16.0 Å². The third kappa shape index (κ3) is 2.78. The molecule has 92 valence electrons. The third-order valence-electron chi connectivity index (χ3n) is 2.35. The number of amides is 1. The molecule has 2 aromatic rings. The van der Waals surface area contributed by atoms with Crippen molar-refractivity contribution in [3.63, 3.8) is 0 Å². The molecule has 0 aliphatic carbocycles. The van der Waals surface area contributed by atoms with Gasteiger partial charge >= 0.3 is 0 Å². The molecule has 0 saturated heterocycles. The fourth-order valence-corrected chi connectivity index (χ4v) is 1.68. The first kappa shape index (κ1) is 12.4. The molecule has 1 aromatic heterocycles. The molecule has 0 aliphatic rings. The highest BCUT2D eigenvalue weighted by molar-refractivity contribution is 6.34. The van der Waals surface area contributed by atoms with E-state index in [0.29, 0.717) is 5.82 Å². The molecule has 0 fully saturated rings. The van der Waals surface area contributed by atoms with Crippen LogP contribution in [0, 0.1) is 6.92 Å². The normalized spacial score (nSPS) is 10.1. The minimum atomic E-state index is -0.408. The summed E-state index contributed by atoms with van der Waals surface area (Å²) in [6, 6.07) is 7.78. The number of nitrogens with one attached hydrogen (secondary N) is 1. The van der Waals surface area contributed by atoms with Crippen molar-refractivity contribution in [3.05, 3.63) is 52.7 Å². The number of rotatable bonds is 2. The standard InChI is InChI=1S/C13H11ClN2O2/c1-8-4-5-15-12(6-8)16-13(18)10-7-9(17)2-3-11(10)14/h2-7,17H,1H3,(H,15,16,18). The van der Waals surface area contributed by atoms with E-state index in [0.717, 1.165) is 5.56 Å². The van der Waals surface area contributed by atoms with E-state index in [1.807, 2.05) is 13.0 Å². The second kappa shape index (κ2) is 5.06. The summed E-state index contributed by atoms with van der Waals surface area (Å²) in [5.41, 5.74) is 1.20. The molecule has 0 radical (unpaired) electrons. The fourth-order valence-electron chi connectivity index (χ4n) is 1.48. The molecule has 4 nitrogen and oxygen atoms in total. The summed E-state index contributed by atoms with van der Waals surface area (Å²) in [4.78, 5) is 16.0. The maximum Gasteiger partial charge on any atom is 0.258 e. The van der Waals surface area contributed by atoms with E-state index < -0.39 is 5.91 Å². The molecule has 1 heterocycles. The van der Waals surface area contributed by atoms with Crippen molar-refractivity contribution in [2.24, 2.45) is 0 Å². The summed E-state index contributed by atoms with van der Waals surface area (Å²) in [6.45, 7) is 1.90. The average Bonchev–Trinajstić information content (AvgIpc) is 2.32. The molecule has 0 unspecified atom stereocenters. The fraction of sp³-hybridized carbons (Fsp3) is 0.0769. The Bertz CT molecular complexity index is 599. The molecule has 18 heavy (non-hydrogen) atoms. The van der Waals surface area contributed by atoms with Crippen molar-refractivity contribution < 1.29 is 9.90 Å². The number of aromatic nitrogens is 1. The van der Waals surface area contributed by atoms with Gasteiger partial charge in [-0.1, -0.05) is 11.6 Å². The first-order valence-corrected chi connectivity index (χ1v) is 5.66. The van der Waals surface area contributed by atoms with Gasteiger partial charge in [0.25, 0.3) is 5.91 Å². The number of carbonyl (C=O) groups excluding carboxylic acids is 1. The minimum absolute atomic E-state index is 0.0123. The number of anilines is 1. The molecule has 2 N–H and O–H groups in total. The molecule has 0 spiro atoms. The molecule has 0 atom stereocenters. The van der Waals surface area contributed by atoms with Gasteiger partial charge in [0.2, 0.25) is 0 Å². The van der Waals surface area contributed by atoms with E-state index in [-0.39, 0.29) is 16.3 Å². The van der Waals surface area contributed by atoms with E-state index in [9.17, 15) is 9.90 Å². The van der Waals surface area contributed by atoms with Crippen LogP contribution in [0.2, 0.25) is 5.02 Å². The Labute approximate surface area is 109 Å². The molecular formula is C13H11ClN2O2. The van der Waals surface area contributed by atoms with Crippen LogP contribution >= 0.6 is 11.6 Å². The van der Waals surface area contributed by atoms with Crippen molar-refractivity contribution in [1.29, 1.82) is 0 Å². The van der Waals surface area contributed by atoms with Gasteiger partial charge in [-0.05, 0) is 42.8 Å². The van der Waals surface area contributed by atoms with Gasteiger partial charge in [0, 0.05) is 6.20 Å². The Hall–Kier alpha value is -2.07. The number of aromatic hydroxyl groups is 1. The van der Waals surface area contributed by atoms with Crippen LogP contribution < -0.4 is 5.32 Å². The largest absolute Gasteiger partial charge is 0.508 e. The zero-order valence-corrected chi connectivity index (χ0v) is 10.4. The maximum atomic E-state index is 12.0. The smallest absolute Gasteiger partial charge is 0.258 e. The van der Waals surface area contributed by atoms with Crippen LogP contribution in [0.1, 0.15) is 15.9 Å². The number of nitrogens with zero attached hydrogens (tertiary/aromatic N) is 1. The van der Waals surface area contributed by atoms with Gasteiger partial charge in [-0.25, -0.2) is 4.98 Å². The second-order valence-corrected chi connectivity index (χ2v) is 4.24. The predicted molar refractivity (Wildman–Crippen MR) is 70.0 cm³/mol. The number of halogens is 1. The van der Waals surface area contributed by atoms with Gasteiger partial charge in [-0.2, -0.15) is 0 Å². The van der Waals surface area contributed by atoms with Crippen LogP contribution in [0.15, 0.2) is 36.5 Å². The number of phenolic OH excluding ortho intramolecular Hbond substituents is 1. The molecule has 2 rings (SSSR count). The lowest BCUT2D eigenvalue weighted by atomic mass is 10.2. The van der Waals surface area contributed by atoms with Crippen LogP contribution in [0.25, 0.3) is 0 Å². The van der Waals surface area contributed by atoms with Gasteiger partial charge in [0.1, 0.15) is 11.6 Å². The Morgan fingerprint density at radius 2 is 2.11 bits per heavy atom. The highest BCUT2D eigenvalue weighted by atomic mass is 35.5. The monoisotopic (exact) mass is 262 g/mol. The lowest BCUT2D eigenvalue weighted by Crippen LogP contribution is -2.13. The van der Waals surface area contributed by atoms with E-state index in [1.165, 1.54) is 18.2 Å². The highest BCUT2D eigenvalue weighted by Gasteiger charge is 2.12. The zero-order chi connectivity index (χ0) is 13.1. The van der Waals surface area contributed by atoms with Crippen LogP contribution in [0.5, 0.6) is 5.75 Å². The quantitative estimate of drug-likeness (QED) is 0.875. The van der Waals surface area contributed by atoms with Crippen LogP contribution in [0.4, 0.5) is 5.82 Å². The molecule has 5 heteroatoms. The first-order valence-electron chi connectivity index (χ1n) is 5.29. The van der Waals surface area contributed by atoms with Crippen molar-refractivity contribution in [2.45, 2.75) is 6.92 Å². The zero-order valence-electron chi connectivity index (χ0n) is 9.64. The SMILES string of the molecule is Cc1ccnc(NC(=O)c2cc(O)ccc2Cl)c1. The number of phenols is 1. The van der Waals surface area contributed by atoms with E-state index in [2.05, 4.69) is 10.3 Å². The predicted octanol–water partition coefficient (Wildman–Crippen LogP) is 3.00.